The molecule has 23 heavy (non-hydrogen) atoms. The van der Waals surface area contributed by atoms with E-state index in [1.54, 1.807) is 36.4 Å². The van der Waals surface area contributed by atoms with Crippen molar-refractivity contribution < 1.29 is 14.0 Å². The highest BCUT2D eigenvalue weighted by atomic mass is 35.5. The Morgan fingerprint density at radius 3 is 2.52 bits per heavy atom. The summed E-state index contributed by atoms with van der Waals surface area (Å²) in [5.41, 5.74) is 3.72. The molecule has 2 rings (SSSR count). The summed E-state index contributed by atoms with van der Waals surface area (Å²) in [6.07, 6.45) is 2.08. The first-order chi connectivity index (χ1) is 11.1. The minimum atomic E-state index is -0.837. The van der Waals surface area contributed by atoms with Gasteiger partial charge in [0.05, 0.1) is 18.5 Å². The fourth-order valence-corrected chi connectivity index (χ4v) is 1.95. The molecule has 2 amide bonds. The quantitative estimate of drug-likeness (QED) is 0.501. The van der Waals surface area contributed by atoms with Gasteiger partial charge in [0, 0.05) is 5.02 Å². The minimum Gasteiger partial charge on any atom is -0.467 e. The van der Waals surface area contributed by atoms with E-state index in [1.165, 1.54) is 6.26 Å². The summed E-state index contributed by atoms with van der Waals surface area (Å²) in [5, 5.41) is 7.06. The van der Waals surface area contributed by atoms with Gasteiger partial charge in [0.15, 0.2) is 0 Å². The largest absolute Gasteiger partial charge is 0.467 e. The van der Waals surface area contributed by atoms with Crippen LogP contribution in [0.2, 0.25) is 5.02 Å². The first-order valence-electron chi connectivity index (χ1n) is 7.03. The molecule has 2 N–H and O–H groups in total. The fourth-order valence-electron chi connectivity index (χ4n) is 1.82. The SMILES string of the molecule is CC/C(=N\NC(=O)C(=O)NCc1ccco1)c1ccc(Cl)cc1. The second-order valence-electron chi connectivity index (χ2n) is 4.62. The van der Waals surface area contributed by atoms with E-state index in [2.05, 4.69) is 15.8 Å². The third-order valence-electron chi connectivity index (χ3n) is 3.01. The molecule has 0 radical (unpaired) electrons. The second kappa shape index (κ2) is 8.14. The molecule has 7 heteroatoms. The Balaban J connectivity index is 1.92. The molecule has 0 saturated carbocycles. The van der Waals surface area contributed by atoms with Crippen molar-refractivity contribution >= 4 is 29.1 Å². The number of rotatable bonds is 5. The molecule has 0 aliphatic heterocycles. The lowest BCUT2D eigenvalue weighted by atomic mass is 10.1. The third kappa shape index (κ3) is 4.96. The van der Waals surface area contributed by atoms with Crippen molar-refractivity contribution in [2.75, 3.05) is 0 Å². The minimum absolute atomic E-state index is 0.140. The number of hydrazone groups is 1. The average Bonchev–Trinajstić information content (AvgIpc) is 3.08. The molecule has 2 aromatic rings. The van der Waals surface area contributed by atoms with E-state index in [-0.39, 0.29) is 6.54 Å². The van der Waals surface area contributed by atoms with Crippen molar-refractivity contribution in [3.8, 4) is 0 Å². The third-order valence-corrected chi connectivity index (χ3v) is 3.27. The molecule has 1 aromatic carbocycles. The highest BCUT2D eigenvalue weighted by Gasteiger charge is 2.13. The molecule has 0 saturated heterocycles. The molecule has 0 aliphatic rings. The second-order valence-corrected chi connectivity index (χ2v) is 5.06. The summed E-state index contributed by atoms with van der Waals surface area (Å²) in [6.45, 7) is 2.04. The standard InChI is InChI=1S/C16H16ClN3O3/c1-2-14(11-5-7-12(17)8-6-11)19-20-16(22)15(21)18-10-13-4-3-9-23-13/h3-9H,2,10H2,1H3,(H,18,21)(H,20,22)/b19-14+. The van der Waals surface area contributed by atoms with E-state index >= 15 is 0 Å². The predicted octanol–water partition coefficient (Wildman–Crippen LogP) is 2.48. The van der Waals surface area contributed by atoms with Gasteiger partial charge >= 0.3 is 11.8 Å². The van der Waals surface area contributed by atoms with Gasteiger partial charge in [-0.05, 0) is 36.2 Å². The zero-order valence-electron chi connectivity index (χ0n) is 12.5. The number of benzene rings is 1. The van der Waals surface area contributed by atoms with Crippen LogP contribution in [0.5, 0.6) is 0 Å². The number of halogens is 1. The molecular weight excluding hydrogens is 318 g/mol. The van der Waals surface area contributed by atoms with Gasteiger partial charge < -0.3 is 9.73 Å². The lowest BCUT2D eigenvalue weighted by Crippen LogP contribution is -2.37. The Labute approximate surface area is 138 Å². The molecule has 0 unspecified atom stereocenters. The van der Waals surface area contributed by atoms with Gasteiger partial charge in [-0.1, -0.05) is 30.7 Å². The topological polar surface area (TPSA) is 83.7 Å². The monoisotopic (exact) mass is 333 g/mol. The van der Waals surface area contributed by atoms with E-state index in [0.717, 1.165) is 5.56 Å². The first kappa shape index (κ1) is 16.8. The van der Waals surface area contributed by atoms with Gasteiger partial charge in [-0.15, -0.1) is 0 Å². The van der Waals surface area contributed by atoms with Crippen LogP contribution in [0.3, 0.4) is 0 Å². The summed E-state index contributed by atoms with van der Waals surface area (Å²) >= 11 is 5.84. The molecule has 1 heterocycles. The van der Waals surface area contributed by atoms with E-state index in [9.17, 15) is 9.59 Å². The van der Waals surface area contributed by atoms with Crippen molar-refractivity contribution in [1.82, 2.24) is 10.7 Å². The van der Waals surface area contributed by atoms with Gasteiger partial charge in [-0.25, -0.2) is 5.43 Å². The van der Waals surface area contributed by atoms with Crippen LogP contribution in [-0.2, 0) is 16.1 Å². The lowest BCUT2D eigenvalue weighted by molar-refractivity contribution is -0.139. The first-order valence-corrected chi connectivity index (χ1v) is 7.41. The molecule has 1 aromatic heterocycles. The predicted molar refractivity (Wildman–Crippen MR) is 87.0 cm³/mol. The van der Waals surface area contributed by atoms with E-state index in [0.29, 0.717) is 22.9 Å². The number of hydrogen-bond acceptors (Lipinski definition) is 4. The maximum absolute atomic E-state index is 11.7. The number of nitrogens with zero attached hydrogens (tertiary/aromatic N) is 1. The smallest absolute Gasteiger partial charge is 0.329 e. The van der Waals surface area contributed by atoms with Gasteiger partial charge in [0.1, 0.15) is 5.76 Å². The maximum Gasteiger partial charge on any atom is 0.329 e. The molecule has 120 valence electrons. The maximum atomic E-state index is 11.7. The van der Waals surface area contributed by atoms with Crippen LogP contribution in [0.15, 0.2) is 52.2 Å². The summed E-state index contributed by atoms with van der Waals surface area (Å²) in [7, 11) is 0. The number of furan rings is 1. The molecular formula is C16H16ClN3O3. The number of nitrogens with one attached hydrogen (secondary N) is 2. The van der Waals surface area contributed by atoms with E-state index in [1.807, 2.05) is 6.92 Å². The Morgan fingerprint density at radius 2 is 1.91 bits per heavy atom. The van der Waals surface area contributed by atoms with Crippen molar-refractivity contribution in [2.24, 2.45) is 5.10 Å². The van der Waals surface area contributed by atoms with Crippen LogP contribution in [0, 0.1) is 0 Å². The summed E-state index contributed by atoms with van der Waals surface area (Å²) < 4.78 is 5.06. The average molecular weight is 334 g/mol. The number of carbonyl (C=O) groups excluding carboxylic acids is 2. The summed E-state index contributed by atoms with van der Waals surface area (Å²) in [4.78, 5) is 23.4. The van der Waals surface area contributed by atoms with Crippen molar-refractivity contribution in [1.29, 1.82) is 0 Å². The highest BCUT2D eigenvalue weighted by molar-refractivity contribution is 6.35. The van der Waals surface area contributed by atoms with Gasteiger partial charge in [-0.3, -0.25) is 9.59 Å². The zero-order chi connectivity index (χ0) is 16.7. The highest BCUT2D eigenvalue weighted by Crippen LogP contribution is 2.11. The van der Waals surface area contributed by atoms with Crippen LogP contribution in [-0.4, -0.2) is 17.5 Å². The molecule has 0 fully saturated rings. The Kier molecular flexibility index (Phi) is 5.94. The van der Waals surface area contributed by atoms with Crippen molar-refractivity contribution in [3.05, 3.63) is 59.0 Å². The van der Waals surface area contributed by atoms with Crippen LogP contribution in [0.25, 0.3) is 0 Å². The number of hydrogen-bond donors (Lipinski definition) is 2. The summed E-state index contributed by atoms with van der Waals surface area (Å²) in [5.74, 6) is -1.06. The van der Waals surface area contributed by atoms with E-state index < -0.39 is 11.8 Å². The normalized spacial score (nSPS) is 11.1. The molecule has 6 nitrogen and oxygen atoms in total. The molecule has 0 atom stereocenters. The molecule has 0 spiro atoms. The fraction of sp³-hybridized carbons (Fsp3) is 0.188. The van der Waals surface area contributed by atoms with E-state index in [4.69, 9.17) is 16.0 Å². The van der Waals surface area contributed by atoms with Crippen molar-refractivity contribution in [2.45, 2.75) is 19.9 Å². The Morgan fingerprint density at radius 1 is 1.17 bits per heavy atom. The zero-order valence-corrected chi connectivity index (χ0v) is 13.3. The van der Waals surface area contributed by atoms with Gasteiger partial charge in [0.2, 0.25) is 0 Å². The van der Waals surface area contributed by atoms with Gasteiger partial charge in [-0.2, -0.15) is 5.10 Å². The van der Waals surface area contributed by atoms with Crippen LogP contribution in [0.1, 0.15) is 24.7 Å². The van der Waals surface area contributed by atoms with Crippen LogP contribution in [0.4, 0.5) is 0 Å². The number of carbonyl (C=O) groups is 2. The molecule has 0 bridgehead atoms. The Hall–Kier alpha value is -2.60. The van der Waals surface area contributed by atoms with Crippen LogP contribution >= 0.6 is 11.6 Å². The van der Waals surface area contributed by atoms with Gasteiger partial charge in [0.25, 0.3) is 0 Å². The lowest BCUT2D eigenvalue weighted by Gasteiger charge is -2.06. The van der Waals surface area contributed by atoms with Crippen molar-refractivity contribution in [3.63, 3.8) is 0 Å². The number of amides is 2. The molecule has 0 aliphatic carbocycles. The Bertz CT molecular complexity index is 694. The summed E-state index contributed by atoms with van der Waals surface area (Å²) in [6, 6.07) is 10.5. The van der Waals surface area contributed by atoms with Crippen LogP contribution < -0.4 is 10.7 Å².